The zero-order chi connectivity index (χ0) is 14.7. The fourth-order valence-electron chi connectivity index (χ4n) is 2.75. The van der Waals surface area contributed by atoms with Crippen LogP contribution in [0.1, 0.15) is 31.4 Å². The molecule has 1 aliphatic carbocycles. The highest BCUT2D eigenvalue weighted by atomic mass is 16.5. The number of nitrogens with zero attached hydrogens (tertiary/aromatic N) is 2. The van der Waals surface area contributed by atoms with Gasteiger partial charge in [0, 0.05) is 25.2 Å². The molecule has 1 amide bonds. The summed E-state index contributed by atoms with van der Waals surface area (Å²) in [6, 6.07) is 2.35. The lowest BCUT2D eigenvalue weighted by Crippen LogP contribution is -2.45. The van der Waals surface area contributed by atoms with Gasteiger partial charge in [0.05, 0.1) is 12.2 Å². The van der Waals surface area contributed by atoms with Gasteiger partial charge in [-0.1, -0.05) is 5.16 Å². The molecule has 0 bridgehead atoms. The van der Waals surface area contributed by atoms with E-state index in [0.717, 1.165) is 37.5 Å². The smallest absolute Gasteiger partial charge is 0.240 e. The van der Waals surface area contributed by atoms with Crippen LogP contribution in [0.25, 0.3) is 0 Å². The Hall–Kier alpha value is -1.40. The van der Waals surface area contributed by atoms with Crippen molar-refractivity contribution in [3.63, 3.8) is 0 Å². The van der Waals surface area contributed by atoms with Gasteiger partial charge in [0.25, 0.3) is 0 Å². The summed E-state index contributed by atoms with van der Waals surface area (Å²) in [5, 5.41) is 10.1. The first-order valence-corrected chi connectivity index (χ1v) is 7.88. The van der Waals surface area contributed by atoms with Crippen molar-refractivity contribution in [3.05, 3.63) is 11.8 Å². The number of rotatable bonds is 6. The Bertz CT molecular complexity index is 476. The highest BCUT2D eigenvalue weighted by Crippen LogP contribution is 2.28. The number of anilines is 1. The molecule has 1 aromatic heterocycles. The van der Waals surface area contributed by atoms with Gasteiger partial charge in [-0.25, -0.2) is 0 Å². The van der Waals surface area contributed by atoms with Crippen LogP contribution in [-0.4, -0.2) is 48.2 Å². The van der Waals surface area contributed by atoms with Crippen LogP contribution in [0.5, 0.6) is 0 Å². The van der Waals surface area contributed by atoms with Crippen molar-refractivity contribution >= 4 is 11.8 Å². The van der Waals surface area contributed by atoms with Crippen LogP contribution in [0.4, 0.5) is 5.88 Å². The lowest BCUT2D eigenvalue weighted by atomic mass is 10.0. The molecule has 2 aliphatic rings. The first-order chi connectivity index (χ1) is 10.2. The van der Waals surface area contributed by atoms with Gasteiger partial charge in [0.15, 0.2) is 0 Å². The van der Waals surface area contributed by atoms with Crippen LogP contribution >= 0.6 is 0 Å². The molecule has 0 unspecified atom stereocenters. The first kappa shape index (κ1) is 14.5. The second-order valence-corrected chi connectivity index (χ2v) is 6.28. The molecule has 6 heteroatoms. The lowest BCUT2D eigenvalue weighted by molar-refractivity contribution is -0.117. The van der Waals surface area contributed by atoms with Crippen LogP contribution in [0.2, 0.25) is 0 Å². The second-order valence-electron chi connectivity index (χ2n) is 6.28. The molecule has 6 nitrogen and oxygen atoms in total. The maximum Gasteiger partial charge on any atom is 0.240 e. The van der Waals surface area contributed by atoms with E-state index < -0.39 is 0 Å². The first-order valence-electron chi connectivity index (χ1n) is 7.88. The second kappa shape index (κ2) is 6.58. The molecular formula is C15H24N4O2. The number of nitrogens with one attached hydrogen (secondary N) is 2. The number of hydrogen-bond donors (Lipinski definition) is 2. The molecular weight excluding hydrogens is 268 g/mol. The van der Waals surface area contributed by atoms with E-state index >= 15 is 0 Å². The van der Waals surface area contributed by atoms with Crippen LogP contribution < -0.4 is 10.6 Å². The van der Waals surface area contributed by atoms with E-state index in [1.54, 1.807) is 6.07 Å². The molecule has 0 aromatic carbocycles. The molecule has 1 saturated carbocycles. The maximum absolute atomic E-state index is 11.9. The van der Waals surface area contributed by atoms with Gasteiger partial charge in [-0.15, -0.1) is 0 Å². The summed E-state index contributed by atoms with van der Waals surface area (Å²) >= 11 is 0. The minimum Gasteiger partial charge on any atom is -0.338 e. The van der Waals surface area contributed by atoms with Gasteiger partial charge in [-0.2, -0.15) is 0 Å². The van der Waals surface area contributed by atoms with Gasteiger partial charge in [-0.05, 0) is 45.1 Å². The van der Waals surface area contributed by atoms with E-state index in [4.69, 9.17) is 4.52 Å². The van der Waals surface area contributed by atoms with E-state index in [1.807, 2.05) is 6.92 Å². The topological polar surface area (TPSA) is 70.4 Å². The third-order valence-electron chi connectivity index (χ3n) is 4.24. The standard InChI is InChI=1S/C15H24N4O2/c1-11-8-15(21-18-11)17-14(20)10-19-6-4-13(5-7-19)16-9-12-2-3-12/h8,12-13,16H,2-7,9-10H2,1H3,(H,17,20). The minimum absolute atomic E-state index is 0.0319. The van der Waals surface area contributed by atoms with Gasteiger partial charge in [0.1, 0.15) is 0 Å². The number of carbonyl (C=O) groups is 1. The molecule has 3 rings (SSSR count). The molecule has 0 atom stereocenters. The van der Waals surface area contributed by atoms with Crippen molar-refractivity contribution in [1.82, 2.24) is 15.4 Å². The van der Waals surface area contributed by atoms with Gasteiger partial charge in [-0.3, -0.25) is 15.0 Å². The summed E-state index contributed by atoms with van der Waals surface area (Å²) in [5.74, 6) is 1.33. The molecule has 2 heterocycles. The Morgan fingerprint density at radius 2 is 2.14 bits per heavy atom. The van der Waals surface area contributed by atoms with Crippen molar-refractivity contribution in [2.45, 2.75) is 38.6 Å². The fraction of sp³-hybridized carbons (Fsp3) is 0.733. The highest BCUT2D eigenvalue weighted by Gasteiger charge is 2.25. The van der Waals surface area contributed by atoms with Crippen molar-refractivity contribution in [2.24, 2.45) is 5.92 Å². The van der Waals surface area contributed by atoms with Gasteiger partial charge in [0.2, 0.25) is 11.8 Å². The summed E-state index contributed by atoms with van der Waals surface area (Å²) in [7, 11) is 0. The van der Waals surface area contributed by atoms with Gasteiger partial charge < -0.3 is 9.84 Å². The average Bonchev–Trinajstić information content (AvgIpc) is 3.21. The quantitative estimate of drug-likeness (QED) is 0.829. The molecule has 116 valence electrons. The zero-order valence-electron chi connectivity index (χ0n) is 12.6. The molecule has 21 heavy (non-hydrogen) atoms. The largest absolute Gasteiger partial charge is 0.338 e. The summed E-state index contributed by atoms with van der Waals surface area (Å²) < 4.78 is 4.99. The van der Waals surface area contributed by atoms with Crippen LogP contribution in [-0.2, 0) is 4.79 Å². The number of hydrogen-bond acceptors (Lipinski definition) is 5. The number of aromatic nitrogens is 1. The Morgan fingerprint density at radius 1 is 1.38 bits per heavy atom. The van der Waals surface area contributed by atoms with Crippen molar-refractivity contribution in [3.8, 4) is 0 Å². The fourth-order valence-corrected chi connectivity index (χ4v) is 2.75. The van der Waals surface area contributed by atoms with Crippen LogP contribution in [0.3, 0.4) is 0 Å². The number of amides is 1. The number of piperidine rings is 1. The van der Waals surface area contributed by atoms with E-state index in [1.165, 1.54) is 19.4 Å². The summed E-state index contributed by atoms with van der Waals surface area (Å²) in [4.78, 5) is 14.1. The monoisotopic (exact) mass is 292 g/mol. The molecule has 0 radical (unpaired) electrons. The SMILES string of the molecule is Cc1cc(NC(=O)CN2CCC(NCC3CC3)CC2)on1. The molecule has 2 fully saturated rings. The Balaban J connectivity index is 1.35. The number of carbonyl (C=O) groups excluding carboxylic acids is 1. The Morgan fingerprint density at radius 3 is 2.76 bits per heavy atom. The molecule has 1 saturated heterocycles. The lowest BCUT2D eigenvalue weighted by Gasteiger charge is -2.31. The third-order valence-corrected chi connectivity index (χ3v) is 4.24. The predicted octanol–water partition coefficient (Wildman–Crippen LogP) is 1.39. The van der Waals surface area contributed by atoms with Crippen molar-refractivity contribution < 1.29 is 9.32 Å². The van der Waals surface area contributed by atoms with Crippen molar-refractivity contribution in [2.75, 3.05) is 31.5 Å². The average molecular weight is 292 g/mol. The Labute approximate surface area is 125 Å². The Kier molecular flexibility index (Phi) is 4.55. The number of aryl methyl sites for hydroxylation is 1. The van der Waals surface area contributed by atoms with Crippen LogP contribution in [0.15, 0.2) is 10.6 Å². The van der Waals surface area contributed by atoms with Gasteiger partial charge >= 0.3 is 0 Å². The molecule has 0 spiro atoms. The van der Waals surface area contributed by atoms with E-state index in [0.29, 0.717) is 18.5 Å². The van der Waals surface area contributed by atoms with E-state index in [-0.39, 0.29) is 5.91 Å². The van der Waals surface area contributed by atoms with Crippen molar-refractivity contribution in [1.29, 1.82) is 0 Å². The van der Waals surface area contributed by atoms with E-state index in [9.17, 15) is 4.79 Å². The van der Waals surface area contributed by atoms with E-state index in [2.05, 4.69) is 20.7 Å². The predicted molar refractivity (Wildman–Crippen MR) is 80.1 cm³/mol. The highest BCUT2D eigenvalue weighted by molar-refractivity contribution is 5.90. The molecule has 2 N–H and O–H groups in total. The molecule has 1 aromatic rings. The molecule has 1 aliphatic heterocycles. The summed E-state index contributed by atoms with van der Waals surface area (Å²) in [5.41, 5.74) is 0.771. The minimum atomic E-state index is -0.0319. The summed E-state index contributed by atoms with van der Waals surface area (Å²) in [6.07, 6.45) is 5.04. The third kappa shape index (κ3) is 4.54. The number of likely N-dealkylation sites (tertiary alicyclic amines) is 1. The summed E-state index contributed by atoms with van der Waals surface area (Å²) in [6.45, 7) is 5.39. The normalized spacial score (nSPS) is 20.6. The van der Waals surface area contributed by atoms with Crippen LogP contribution in [0, 0.1) is 12.8 Å². The maximum atomic E-state index is 11.9. The zero-order valence-corrected chi connectivity index (χ0v) is 12.6.